The molecule has 0 aliphatic carbocycles. The van der Waals surface area contributed by atoms with Crippen molar-refractivity contribution in [2.24, 2.45) is 9.98 Å². The van der Waals surface area contributed by atoms with E-state index in [2.05, 4.69) is 9.98 Å². The van der Waals surface area contributed by atoms with Crippen LogP contribution in [0.4, 0.5) is 11.4 Å². The van der Waals surface area contributed by atoms with Crippen LogP contribution in [0.15, 0.2) is 125 Å². The Morgan fingerprint density at radius 2 is 0.923 bits per heavy atom. The summed E-state index contributed by atoms with van der Waals surface area (Å²) < 4.78 is 18.3. The molecule has 0 radical (unpaired) electrons. The van der Waals surface area contributed by atoms with E-state index in [-0.39, 0.29) is 0 Å². The Labute approximate surface area is 226 Å². The van der Waals surface area contributed by atoms with Crippen LogP contribution in [0.1, 0.15) is 22.5 Å². The first-order valence-corrected chi connectivity index (χ1v) is 12.6. The third-order valence-corrected chi connectivity index (χ3v) is 6.07. The highest BCUT2D eigenvalue weighted by Crippen LogP contribution is 2.27. The zero-order valence-electron chi connectivity index (χ0n) is 21.1. The molecule has 3 aliphatic rings. The number of ether oxygens (including phenoxy) is 3. The van der Waals surface area contributed by atoms with Crippen molar-refractivity contribution in [3.63, 3.8) is 0 Å². The maximum absolute atomic E-state index is 6.13. The monoisotopic (exact) mass is 511 g/mol. The van der Waals surface area contributed by atoms with E-state index in [1.807, 2.05) is 115 Å². The lowest BCUT2D eigenvalue weighted by atomic mass is 10.2. The van der Waals surface area contributed by atoms with E-state index in [0.29, 0.717) is 13.2 Å². The number of benzene rings is 4. The van der Waals surface area contributed by atoms with Gasteiger partial charge in [0, 0.05) is 23.6 Å². The first kappa shape index (κ1) is 24.1. The molecule has 6 bridgehead atoms. The van der Waals surface area contributed by atoms with E-state index in [4.69, 9.17) is 19.2 Å². The van der Waals surface area contributed by atoms with Crippen LogP contribution in [0, 0.1) is 0 Å². The van der Waals surface area contributed by atoms with Crippen LogP contribution in [0.3, 0.4) is 0 Å². The minimum absolute atomic E-state index is 0.326. The Bertz CT molecular complexity index is 1510. The van der Waals surface area contributed by atoms with E-state index in [1.165, 1.54) is 0 Å². The molecule has 0 amide bonds. The highest BCUT2D eigenvalue weighted by Gasteiger charge is 2.07. The summed E-state index contributed by atoms with van der Waals surface area (Å²) >= 11 is 0. The maximum atomic E-state index is 6.13. The maximum Gasteiger partial charge on any atom is 0.130 e. The second-order valence-electron chi connectivity index (χ2n) is 8.88. The number of hydrogen-bond donors (Lipinski definition) is 0. The zero-order chi connectivity index (χ0) is 26.3. The molecule has 0 atom stereocenters. The van der Waals surface area contributed by atoms with Crippen molar-refractivity contribution in [1.82, 2.24) is 4.98 Å². The van der Waals surface area contributed by atoms with E-state index in [9.17, 15) is 0 Å². The number of nitrogens with zero attached hydrogens (tertiary/aromatic N) is 3. The van der Waals surface area contributed by atoms with Gasteiger partial charge in [-0.3, -0.25) is 15.0 Å². The number of fused-ring (bicyclic) bond motifs is 2. The van der Waals surface area contributed by atoms with E-state index in [0.717, 1.165) is 56.9 Å². The molecule has 4 aromatic carbocycles. The average molecular weight is 512 g/mol. The first-order valence-electron chi connectivity index (χ1n) is 12.6. The molecule has 190 valence electrons. The predicted octanol–water partition coefficient (Wildman–Crippen LogP) is 7.85. The molecule has 5 aromatic rings. The topological polar surface area (TPSA) is 65.3 Å². The molecule has 0 unspecified atom stereocenters. The molecule has 6 nitrogen and oxygen atoms in total. The smallest absolute Gasteiger partial charge is 0.130 e. The Kier molecular flexibility index (Phi) is 7.08. The molecule has 6 heteroatoms. The third-order valence-electron chi connectivity index (χ3n) is 6.07. The number of para-hydroxylation sites is 2. The average Bonchev–Trinajstić information content (AvgIpc) is 2.99. The normalized spacial score (nSPS) is 12.8. The molecule has 0 spiro atoms. The summed E-state index contributed by atoms with van der Waals surface area (Å²) in [5.41, 5.74) is 5.00. The Morgan fingerprint density at radius 1 is 0.462 bits per heavy atom. The molecule has 0 saturated carbocycles. The molecule has 8 rings (SSSR count). The summed E-state index contributed by atoms with van der Waals surface area (Å²) in [5, 5.41) is 0. The van der Waals surface area contributed by atoms with Crippen molar-refractivity contribution >= 4 is 23.8 Å². The van der Waals surface area contributed by atoms with Crippen molar-refractivity contribution in [2.45, 2.75) is 13.2 Å². The van der Waals surface area contributed by atoms with Gasteiger partial charge in [-0.15, -0.1) is 0 Å². The predicted molar refractivity (Wildman–Crippen MR) is 153 cm³/mol. The first-order chi connectivity index (χ1) is 19.3. The zero-order valence-corrected chi connectivity index (χ0v) is 21.1. The molecule has 4 heterocycles. The Balaban J connectivity index is 1.33. The van der Waals surface area contributed by atoms with Crippen LogP contribution >= 0.6 is 0 Å². The van der Waals surface area contributed by atoms with Crippen LogP contribution in [0.5, 0.6) is 23.0 Å². The molecule has 0 N–H and O–H groups in total. The molecular formula is C33H25N3O3. The lowest BCUT2D eigenvalue weighted by Crippen LogP contribution is -2.05. The summed E-state index contributed by atoms with van der Waals surface area (Å²) in [7, 11) is 0. The number of pyridine rings is 1. The molecule has 1 aromatic heterocycles. The van der Waals surface area contributed by atoms with E-state index < -0.39 is 0 Å². The second kappa shape index (κ2) is 11.4. The van der Waals surface area contributed by atoms with E-state index >= 15 is 0 Å². The highest BCUT2D eigenvalue weighted by atomic mass is 16.5. The van der Waals surface area contributed by atoms with Crippen LogP contribution in [0.2, 0.25) is 0 Å². The van der Waals surface area contributed by atoms with Gasteiger partial charge >= 0.3 is 0 Å². The van der Waals surface area contributed by atoms with Crippen LogP contribution < -0.4 is 14.2 Å². The van der Waals surface area contributed by atoms with Gasteiger partial charge in [-0.2, -0.15) is 0 Å². The summed E-state index contributed by atoms with van der Waals surface area (Å²) in [6.07, 6.45) is 3.61. The lowest BCUT2D eigenvalue weighted by molar-refractivity contribution is 0.290. The molecule has 39 heavy (non-hydrogen) atoms. The van der Waals surface area contributed by atoms with Gasteiger partial charge < -0.3 is 14.2 Å². The van der Waals surface area contributed by atoms with Crippen molar-refractivity contribution in [2.75, 3.05) is 0 Å². The fourth-order valence-electron chi connectivity index (χ4n) is 4.06. The van der Waals surface area contributed by atoms with Gasteiger partial charge in [0.25, 0.3) is 0 Å². The number of aromatic nitrogens is 1. The van der Waals surface area contributed by atoms with Gasteiger partial charge in [-0.25, -0.2) is 0 Å². The van der Waals surface area contributed by atoms with Crippen molar-refractivity contribution in [3.05, 3.63) is 138 Å². The highest BCUT2D eigenvalue weighted by molar-refractivity contribution is 5.86. The molecular weight excluding hydrogens is 486 g/mol. The lowest BCUT2D eigenvalue weighted by Gasteiger charge is -2.11. The minimum atomic E-state index is 0.326. The Hall–Kier alpha value is -5.23. The van der Waals surface area contributed by atoms with Crippen LogP contribution in [-0.2, 0) is 13.2 Å². The minimum Gasteiger partial charge on any atom is -0.487 e. The standard InChI is InChI=1S/C33H25N3O3/c1-3-10-32-24(6-1)20-34-26-12-16-30(17-13-26)39-31-18-14-27(15-19-31)35-21-25-7-2-4-11-33(25)38-23-29-9-5-8-28(36-29)22-37-32/h1-21H,22-23H2. The van der Waals surface area contributed by atoms with Crippen molar-refractivity contribution in [1.29, 1.82) is 0 Å². The summed E-state index contributed by atoms with van der Waals surface area (Å²) in [4.78, 5) is 14.0. The van der Waals surface area contributed by atoms with Gasteiger partial charge in [-0.1, -0.05) is 30.3 Å². The second-order valence-corrected chi connectivity index (χ2v) is 8.88. The van der Waals surface area contributed by atoms with Crippen LogP contribution in [-0.4, -0.2) is 17.4 Å². The van der Waals surface area contributed by atoms with Crippen LogP contribution in [0.25, 0.3) is 0 Å². The summed E-state index contributed by atoms with van der Waals surface area (Å²) in [6, 6.07) is 36.7. The van der Waals surface area contributed by atoms with Gasteiger partial charge in [0.05, 0.1) is 22.8 Å². The van der Waals surface area contributed by atoms with E-state index in [1.54, 1.807) is 12.4 Å². The Morgan fingerprint density at radius 3 is 1.41 bits per heavy atom. The number of rotatable bonds is 0. The van der Waals surface area contributed by atoms with Gasteiger partial charge in [0.15, 0.2) is 0 Å². The van der Waals surface area contributed by atoms with Crippen molar-refractivity contribution < 1.29 is 14.2 Å². The summed E-state index contributed by atoms with van der Waals surface area (Å²) in [5.74, 6) is 2.92. The quantitative estimate of drug-likeness (QED) is 0.212. The fourth-order valence-corrected chi connectivity index (χ4v) is 4.06. The number of aliphatic imine (C=N–C) groups is 2. The number of hydrogen-bond acceptors (Lipinski definition) is 6. The SMILES string of the molecule is C1=Nc2ccc(cc2)Oc2ccc(cc2)N=Cc2ccccc2OCc2cccc(n2)COc2ccccc21. The molecule has 3 aliphatic heterocycles. The fraction of sp³-hybridized carbons (Fsp3) is 0.0606. The van der Waals surface area contributed by atoms with Gasteiger partial charge in [-0.05, 0) is 84.9 Å². The van der Waals surface area contributed by atoms with Crippen molar-refractivity contribution in [3.8, 4) is 23.0 Å². The van der Waals surface area contributed by atoms with Gasteiger partial charge in [0.2, 0.25) is 0 Å². The summed E-state index contributed by atoms with van der Waals surface area (Å²) in [6.45, 7) is 0.652. The molecule has 0 saturated heterocycles. The largest absolute Gasteiger partial charge is 0.487 e. The molecule has 0 fully saturated rings. The third kappa shape index (κ3) is 6.19. The van der Waals surface area contributed by atoms with Gasteiger partial charge in [0.1, 0.15) is 36.2 Å².